The molecule has 96 valence electrons. The van der Waals surface area contributed by atoms with Gasteiger partial charge in [0.2, 0.25) is 0 Å². The Balaban J connectivity index is 2.05. The zero-order valence-corrected chi connectivity index (χ0v) is 9.83. The molecule has 0 unspecified atom stereocenters. The minimum absolute atomic E-state index is 0.254. The van der Waals surface area contributed by atoms with Gasteiger partial charge in [-0.2, -0.15) is 5.10 Å². The van der Waals surface area contributed by atoms with Crippen molar-refractivity contribution in [2.45, 2.75) is 0 Å². The lowest BCUT2D eigenvalue weighted by atomic mass is 10.1. The Bertz CT molecular complexity index is 601. The molecule has 3 N–H and O–H groups in total. The van der Waals surface area contributed by atoms with Crippen molar-refractivity contribution >= 4 is 23.6 Å². The third-order valence-electron chi connectivity index (χ3n) is 2.35. The number of aromatic nitrogens is 2. The van der Waals surface area contributed by atoms with Crippen LogP contribution in [0.25, 0.3) is 6.08 Å². The molecule has 2 rings (SSSR count). The van der Waals surface area contributed by atoms with Gasteiger partial charge in [0.15, 0.2) is 0 Å². The highest BCUT2D eigenvalue weighted by Crippen LogP contribution is 2.09. The molecule has 1 amide bonds. The smallest absolute Gasteiger partial charge is 0.328 e. The van der Waals surface area contributed by atoms with Gasteiger partial charge in [-0.05, 0) is 23.8 Å². The number of aliphatic carboxylic acids is 1. The molecule has 2 aromatic rings. The maximum atomic E-state index is 11.8. The van der Waals surface area contributed by atoms with Gasteiger partial charge >= 0.3 is 5.97 Å². The Hall–Kier alpha value is -2.89. The lowest BCUT2D eigenvalue weighted by Gasteiger charge is -2.02. The first-order valence-corrected chi connectivity index (χ1v) is 5.46. The minimum Gasteiger partial charge on any atom is -0.478 e. The summed E-state index contributed by atoms with van der Waals surface area (Å²) in [6, 6.07) is 6.58. The van der Waals surface area contributed by atoms with Crippen molar-refractivity contribution < 1.29 is 14.7 Å². The second-order valence-electron chi connectivity index (χ2n) is 3.73. The Morgan fingerprint density at radius 1 is 1.26 bits per heavy atom. The van der Waals surface area contributed by atoms with Gasteiger partial charge in [0.05, 0.1) is 11.9 Å². The predicted octanol–water partition coefficient (Wildman–Crippen LogP) is 1.76. The van der Waals surface area contributed by atoms with Crippen LogP contribution in [0.1, 0.15) is 15.9 Å². The fraction of sp³-hybridized carbons (Fsp3) is 0. The molecule has 6 heteroatoms. The fourth-order valence-electron chi connectivity index (χ4n) is 1.44. The summed E-state index contributed by atoms with van der Waals surface area (Å²) < 4.78 is 0. The number of nitrogens with zero attached hydrogens (tertiary/aromatic N) is 1. The van der Waals surface area contributed by atoms with Crippen molar-refractivity contribution in [2.24, 2.45) is 0 Å². The Kier molecular flexibility index (Phi) is 3.72. The zero-order chi connectivity index (χ0) is 13.7. The molecule has 0 aliphatic carbocycles. The number of nitrogens with one attached hydrogen (secondary N) is 2. The van der Waals surface area contributed by atoms with Crippen LogP contribution in [0.2, 0.25) is 0 Å². The number of carbonyl (C=O) groups excluding carboxylic acids is 1. The number of carbonyl (C=O) groups is 2. The number of anilines is 1. The van der Waals surface area contributed by atoms with Crippen molar-refractivity contribution in [3.63, 3.8) is 0 Å². The molecule has 0 atom stereocenters. The lowest BCUT2D eigenvalue weighted by molar-refractivity contribution is -0.131. The molecule has 0 bridgehead atoms. The van der Waals surface area contributed by atoms with E-state index in [9.17, 15) is 9.59 Å². The molecule has 19 heavy (non-hydrogen) atoms. The largest absolute Gasteiger partial charge is 0.478 e. The second-order valence-corrected chi connectivity index (χ2v) is 3.73. The SMILES string of the molecule is O=C(O)/C=C/c1ccc(C(=O)Nc2cn[nH]c2)cc1. The summed E-state index contributed by atoms with van der Waals surface area (Å²) in [6.07, 6.45) is 5.57. The van der Waals surface area contributed by atoms with Gasteiger partial charge in [0, 0.05) is 17.8 Å². The molecule has 1 heterocycles. The van der Waals surface area contributed by atoms with Crippen LogP contribution in [0, 0.1) is 0 Å². The quantitative estimate of drug-likeness (QED) is 0.727. The minimum atomic E-state index is -1.01. The van der Waals surface area contributed by atoms with Crippen molar-refractivity contribution in [2.75, 3.05) is 5.32 Å². The first kappa shape index (κ1) is 12.6. The highest BCUT2D eigenvalue weighted by molar-refractivity contribution is 6.04. The number of carboxylic acids is 1. The summed E-state index contributed by atoms with van der Waals surface area (Å²) in [7, 11) is 0. The van der Waals surface area contributed by atoms with Crippen molar-refractivity contribution in [1.29, 1.82) is 0 Å². The number of hydrogen-bond acceptors (Lipinski definition) is 3. The molecular weight excluding hydrogens is 246 g/mol. The van der Waals surface area contributed by atoms with Gasteiger partial charge < -0.3 is 10.4 Å². The molecule has 1 aromatic carbocycles. The van der Waals surface area contributed by atoms with E-state index in [2.05, 4.69) is 15.5 Å². The fourth-order valence-corrected chi connectivity index (χ4v) is 1.44. The summed E-state index contributed by atoms with van der Waals surface area (Å²) in [5.74, 6) is -1.27. The van der Waals surface area contributed by atoms with Gasteiger partial charge in [0.1, 0.15) is 0 Å². The Morgan fingerprint density at radius 3 is 2.58 bits per heavy atom. The van der Waals surface area contributed by atoms with E-state index in [1.54, 1.807) is 30.5 Å². The summed E-state index contributed by atoms with van der Waals surface area (Å²) in [5.41, 5.74) is 1.77. The molecule has 0 saturated heterocycles. The number of hydrogen-bond donors (Lipinski definition) is 3. The normalized spacial score (nSPS) is 10.5. The van der Waals surface area contributed by atoms with E-state index in [-0.39, 0.29) is 5.91 Å². The van der Waals surface area contributed by atoms with Crippen LogP contribution in [0.3, 0.4) is 0 Å². The molecule has 0 aliphatic rings. The maximum Gasteiger partial charge on any atom is 0.328 e. The average Bonchev–Trinajstić information content (AvgIpc) is 2.89. The van der Waals surface area contributed by atoms with Crippen LogP contribution in [0.5, 0.6) is 0 Å². The van der Waals surface area contributed by atoms with Crippen LogP contribution in [-0.2, 0) is 4.79 Å². The summed E-state index contributed by atoms with van der Waals surface area (Å²) in [5, 5.41) is 17.5. The predicted molar refractivity (Wildman–Crippen MR) is 69.7 cm³/mol. The standard InChI is InChI=1S/C13H11N3O3/c17-12(18)6-3-9-1-4-10(5-2-9)13(19)16-11-7-14-15-8-11/h1-8H,(H,14,15)(H,16,19)(H,17,18)/b6-3+. The number of aromatic amines is 1. The number of carboxylic acid groups (broad SMARTS) is 1. The first-order valence-electron chi connectivity index (χ1n) is 5.46. The summed E-state index contributed by atoms with van der Waals surface area (Å²) >= 11 is 0. The third-order valence-corrected chi connectivity index (χ3v) is 2.35. The van der Waals surface area contributed by atoms with Gasteiger partial charge in [0.25, 0.3) is 5.91 Å². The zero-order valence-electron chi connectivity index (χ0n) is 9.83. The molecular formula is C13H11N3O3. The van der Waals surface area contributed by atoms with Crippen LogP contribution in [-0.4, -0.2) is 27.2 Å². The van der Waals surface area contributed by atoms with Gasteiger partial charge in [-0.25, -0.2) is 4.79 Å². The molecule has 0 radical (unpaired) electrons. The van der Waals surface area contributed by atoms with E-state index in [4.69, 9.17) is 5.11 Å². The van der Waals surface area contributed by atoms with Gasteiger partial charge in [-0.1, -0.05) is 12.1 Å². The highest BCUT2D eigenvalue weighted by Gasteiger charge is 2.05. The number of amides is 1. The third kappa shape index (κ3) is 3.53. The first-order chi connectivity index (χ1) is 9.15. The molecule has 0 fully saturated rings. The van der Waals surface area contributed by atoms with E-state index < -0.39 is 5.97 Å². The van der Waals surface area contributed by atoms with Crippen LogP contribution in [0.15, 0.2) is 42.7 Å². The molecule has 1 aromatic heterocycles. The summed E-state index contributed by atoms with van der Waals surface area (Å²) in [6.45, 7) is 0. The topological polar surface area (TPSA) is 95.1 Å². The molecule has 6 nitrogen and oxygen atoms in total. The number of rotatable bonds is 4. The average molecular weight is 257 g/mol. The van der Waals surface area contributed by atoms with Crippen molar-refractivity contribution in [3.05, 3.63) is 53.9 Å². The van der Waals surface area contributed by atoms with E-state index in [1.165, 1.54) is 12.3 Å². The molecule has 0 spiro atoms. The van der Waals surface area contributed by atoms with Gasteiger partial charge in [-0.3, -0.25) is 9.89 Å². The van der Waals surface area contributed by atoms with Crippen molar-refractivity contribution in [1.82, 2.24) is 10.2 Å². The Morgan fingerprint density at radius 2 is 2.00 bits per heavy atom. The number of H-pyrrole nitrogens is 1. The molecule has 0 saturated carbocycles. The van der Waals surface area contributed by atoms with Crippen LogP contribution in [0.4, 0.5) is 5.69 Å². The van der Waals surface area contributed by atoms with E-state index in [0.29, 0.717) is 16.8 Å². The van der Waals surface area contributed by atoms with Gasteiger partial charge in [-0.15, -0.1) is 0 Å². The Labute approximate surface area is 108 Å². The molecule has 0 aliphatic heterocycles. The lowest BCUT2D eigenvalue weighted by Crippen LogP contribution is -2.11. The van der Waals surface area contributed by atoms with E-state index >= 15 is 0 Å². The second kappa shape index (κ2) is 5.63. The highest BCUT2D eigenvalue weighted by atomic mass is 16.4. The summed E-state index contributed by atoms with van der Waals surface area (Å²) in [4.78, 5) is 22.2. The van der Waals surface area contributed by atoms with E-state index in [0.717, 1.165) is 6.08 Å². The van der Waals surface area contributed by atoms with E-state index in [1.807, 2.05) is 0 Å². The van der Waals surface area contributed by atoms with Crippen LogP contribution < -0.4 is 5.32 Å². The monoisotopic (exact) mass is 257 g/mol. The van der Waals surface area contributed by atoms with Crippen molar-refractivity contribution in [3.8, 4) is 0 Å². The van der Waals surface area contributed by atoms with Crippen LogP contribution >= 0.6 is 0 Å². The number of benzene rings is 1. The maximum absolute atomic E-state index is 11.8.